The lowest BCUT2D eigenvalue weighted by molar-refractivity contribution is -0.118. The normalized spacial score (nSPS) is 9.89. The molecule has 3 rings (SSSR count). The molecule has 36 heavy (non-hydrogen) atoms. The average molecular weight is 495 g/mol. The summed E-state index contributed by atoms with van der Waals surface area (Å²) in [4.78, 5) is 18.8. The zero-order chi connectivity index (χ0) is 27.2. The van der Waals surface area contributed by atoms with E-state index < -0.39 is 0 Å². The first kappa shape index (κ1) is 33.6. The molecule has 3 nitrogen and oxygen atoms in total. The van der Waals surface area contributed by atoms with Gasteiger partial charge in [-0.15, -0.1) is 0 Å². The molecule has 3 heteroatoms. The molecule has 0 saturated carbocycles. The van der Waals surface area contributed by atoms with Gasteiger partial charge in [0.05, 0.1) is 11.0 Å². The fraction of sp³-hybridized carbons (Fsp3) is 0.576. The Labute approximate surface area is 222 Å². The van der Waals surface area contributed by atoms with E-state index in [1.165, 1.54) is 68.1 Å². The van der Waals surface area contributed by atoms with Gasteiger partial charge < -0.3 is 4.98 Å². The SMILES string of the molecule is CCCC.CCCCC.CCCCCCC(=O)CC.Cc1ccc(C)c(-c2nc3ccccc3[nH]2)c1. The number of para-hydroxylation sites is 2. The number of rotatable bonds is 10. The highest BCUT2D eigenvalue weighted by molar-refractivity contribution is 5.80. The van der Waals surface area contributed by atoms with Crippen LogP contribution in [0, 0.1) is 13.8 Å². The molecule has 0 aliphatic heterocycles. The number of Topliss-reactive ketones (excluding diaryl/α,β-unsaturated/α-hetero) is 1. The Kier molecular flexibility index (Phi) is 20.4. The van der Waals surface area contributed by atoms with Crippen LogP contribution in [0.15, 0.2) is 42.5 Å². The van der Waals surface area contributed by atoms with Crippen LogP contribution in [-0.4, -0.2) is 15.8 Å². The number of nitrogens with one attached hydrogen (secondary N) is 1. The van der Waals surface area contributed by atoms with Crippen molar-refractivity contribution >= 4 is 16.8 Å². The summed E-state index contributed by atoms with van der Waals surface area (Å²) in [5.41, 5.74) is 5.79. The van der Waals surface area contributed by atoms with Crippen LogP contribution in [0.1, 0.15) is 123 Å². The lowest BCUT2D eigenvalue weighted by Crippen LogP contribution is -1.93. The zero-order valence-corrected chi connectivity index (χ0v) is 24.7. The molecule has 0 amide bonds. The smallest absolute Gasteiger partial charge is 0.138 e. The minimum Gasteiger partial charge on any atom is -0.338 e. The summed E-state index contributed by atoms with van der Waals surface area (Å²) in [7, 11) is 0. The number of nitrogens with zero attached hydrogens (tertiary/aromatic N) is 1. The molecule has 1 heterocycles. The number of ketones is 1. The molecular weight excluding hydrogens is 440 g/mol. The van der Waals surface area contributed by atoms with E-state index in [2.05, 4.69) is 82.7 Å². The largest absolute Gasteiger partial charge is 0.338 e. The van der Waals surface area contributed by atoms with Gasteiger partial charge in [0.2, 0.25) is 0 Å². The number of aromatic nitrogens is 2. The van der Waals surface area contributed by atoms with E-state index in [4.69, 9.17) is 0 Å². The van der Waals surface area contributed by atoms with Crippen molar-refractivity contribution in [1.29, 1.82) is 0 Å². The third kappa shape index (κ3) is 14.9. The number of imidazole rings is 1. The molecule has 0 atom stereocenters. The lowest BCUT2D eigenvalue weighted by Gasteiger charge is -2.03. The second kappa shape index (κ2) is 21.8. The van der Waals surface area contributed by atoms with Crippen LogP contribution in [0.5, 0.6) is 0 Å². The minimum absolute atomic E-state index is 0.413. The van der Waals surface area contributed by atoms with Gasteiger partial charge in [-0.05, 0) is 44.0 Å². The fourth-order valence-corrected chi connectivity index (χ4v) is 3.35. The average Bonchev–Trinajstić information content (AvgIpc) is 3.33. The molecule has 0 bridgehead atoms. The van der Waals surface area contributed by atoms with E-state index in [1.54, 1.807) is 0 Å². The summed E-state index contributed by atoms with van der Waals surface area (Å²) in [5, 5.41) is 0. The number of aromatic amines is 1. The van der Waals surface area contributed by atoms with Gasteiger partial charge in [-0.1, -0.05) is 123 Å². The summed E-state index contributed by atoms with van der Waals surface area (Å²) in [5.74, 6) is 1.36. The molecule has 1 aromatic heterocycles. The van der Waals surface area contributed by atoms with Crippen LogP contribution in [0.25, 0.3) is 22.4 Å². The van der Waals surface area contributed by atoms with Gasteiger partial charge in [0, 0.05) is 18.4 Å². The number of fused-ring (bicyclic) bond motifs is 1. The molecule has 0 fully saturated rings. The van der Waals surface area contributed by atoms with Gasteiger partial charge in [-0.25, -0.2) is 4.98 Å². The molecule has 0 aliphatic rings. The second-order valence-corrected chi connectivity index (χ2v) is 9.48. The van der Waals surface area contributed by atoms with E-state index >= 15 is 0 Å². The number of H-pyrrole nitrogens is 1. The van der Waals surface area contributed by atoms with Gasteiger partial charge in [0.15, 0.2) is 0 Å². The fourth-order valence-electron chi connectivity index (χ4n) is 3.35. The van der Waals surface area contributed by atoms with Crippen molar-refractivity contribution in [2.75, 3.05) is 0 Å². The molecule has 0 saturated heterocycles. The van der Waals surface area contributed by atoms with Crippen LogP contribution >= 0.6 is 0 Å². The highest BCUT2D eigenvalue weighted by Crippen LogP contribution is 2.24. The molecule has 3 aromatic rings. The monoisotopic (exact) mass is 494 g/mol. The van der Waals surface area contributed by atoms with Gasteiger partial charge in [0.25, 0.3) is 0 Å². The molecule has 0 radical (unpaired) electrons. The summed E-state index contributed by atoms with van der Waals surface area (Å²) in [6.45, 7) is 17.1. The van der Waals surface area contributed by atoms with Crippen molar-refractivity contribution in [2.24, 2.45) is 0 Å². The summed E-state index contributed by atoms with van der Waals surface area (Å²) in [6.07, 6.45) is 13.1. The van der Waals surface area contributed by atoms with Crippen LogP contribution in [0.3, 0.4) is 0 Å². The molecule has 2 aromatic carbocycles. The standard InChI is InChI=1S/C15H14N2.C9H18O.C5H12.C4H10/c1-10-7-8-11(2)12(9-10)15-16-13-5-3-4-6-14(13)17-15;1-3-5-6-7-8-9(10)4-2;1-3-5-4-2;1-3-4-2/h3-9H,1-2H3,(H,16,17);3-8H2,1-2H3;3-5H2,1-2H3;3-4H2,1-2H3. The van der Waals surface area contributed by atoms with Crippen LogP contribution in [-0.2, 0) is 4.79 Å². The van der Waals surface area contributed by atoms with Crippen molar-refractivity contribution < 1.29 is 4.79 Å². The van der Waals surface area contributed by atoms with Crippen molar-refractivity contribution in [3.63, 3.8) is 0 Å². The van der Waals surface area contributed by atoms with Gasteiger partial charge in [-0.2, -0.15) is 0 Å². The van der Waals surface area contributed by atoms with E-state index in [0.29, 0.717) is 12.2 Å². The van der Waals surface area contributed by atoms with Crippen molar-refractivity contribution in [1.82, 2.24) is 9.97 Å². The summed E-state index contributed by atoms with van der Waals surface area (Å²) >= 11 is 0. The van der Waals surface area contributed by atoms with Crippen LogP contribution in [0.4, 0.5) is 0 Å². The van der Waals surface area contributed by atoms with Crippen molar-refractivity contribution in [3.8, 4) is 11.4 Å². The Hall–Kier alpha value is -2.42. The maximum Gasteiger partial charge on any atom is 0.138 e. The molecule has 1 N–H and O–H groups in total. The van der Waals surface area contributed by atoms with Crippen LogP contribution in [0.2, 0.25) is 0 Å². The van der Waals surface area contributed by atoms with E-state index in [0.717, 1.165) is 29.7 Å². The topological polar surface area (TPSA) is 45.8 Å². The van der Waals surface area contributed by atoms with Crippen LogP contribution < -0.4 is 0 Å². The number of carbonyl (C=O) groups excluding carboxylic acids is 1. The quantitative estimate of drug-likeness (QED) is 0.285. The summed E-state index contributed by atoms with van der Waals surface area (Å²) in [6, 6.07) is 14.5. The maximum absolute atomic E-state index is 10.8. The third-order valence-corrected chi connectivity index (χ3v) is 5.95. The predicted molar refractivity (Wildman–Crippen MR) is 161 cm³/mol. The molecule has 0 aliphatic carbocycles. The Bertz CT molecular complexity index is 905. The third-order valence-electron chi connectivity index (χ3n) is 5.95. The first-order chi connectivity index (χ1) is 17.4. The summed E-state index contributed by atoms with van der Waals surface area (Å²) < 4.78 is 0. The maximum atomic E-state index is 10.8. The number of hydrogen-bond donors (Lipinski definition) is 1. The van der Waals surface area contributed by atoms with Gasteiger partial charge in [-0.3, -0.25) is 4.79 Å². The number of carbonyl (C=O) groups is 1. The Morgan fingerprint density at radius 2 is 1.39 bits per heavy atom. The van der Waals surface area contributed by atoms with E-state index in [1.807, 2.05) is 25.1 Å². The highest BCUT2D eigenvalue weighted by Gasteiger charge is 2.07. The Balaban J connectivity index is 0.000000549. The van der Waals surface area contributed by atoms with Gasteiger partial charge >= 0.3 is 0 Å². The number of unbranched alkanes of at least 4 members (excludes halogenated alkanes) is 6. The van der Waals surface area contributed by atoms with Gasteiger partial charge in [0.1, 0.15) is 11.6 Å². The van der Waals surface area contributed by atoms with Crippen molar-refractivity contribution in [2.45, 2.75) is 126 Å². The highest BCUT2D eigenvalue weighted by atomic mass is 16.1. The molecule has 0 spiro atoms. The van der Waals surface area contributed by atoms with Crippen molar-refractivity contribution in [3.05, 3.63) is 53.6 Å². The number of hydrogen-bond acceptors (Lipinski definition) is 2. The molecular formula is C33H54N2O. The van der Waals surface area contributed by atoms with E-state index in [-0.39, 0.29) is 0 Å². The second-order valence-electron chi connectivity index (χ2n) is 9.48. The first-order valence-corrected chi connectivity index (χ1v) is 14.4. The van der Waals surface area contributed by atoms with E-state index in [9.17, 15) is 4.79 Å². The Morgan fingerprint density at radius 3 is 1.92 bits per heavy atom. The molecule has 202 valence electrons. The molecule has 0 unspecified atom stereocenters. The minimum atomic E-state index is 0.413. The lowest BCUT2D eigenvalue weighted by atomic mass is 10.1. The first-order valence-electron chi connectivity index (χ1n) is 14.4. The number of benzene rings is 2. The zero-order valence-electron chi connectivity index (χ0n) is 24.7. The Morgan fingerprint density at radius 1 is 0.750 bits per heavy atom. The predicted octanol–water partition coefficient (Wildman–Crippen LogP) is 10.8. The number of aryl methyl sites for hydroxylation is 2.